The number of aryl methyl sites for hydroxylation is 1. The second-order valence-corrected chi connectivity index (χ2v) is 7.85. The second kappa shape index (κ2) is 5.21. The first-order valence-electron chi connectivity index (χ1n) is 7.71. The number of aromatic nitrogens is 2. The van der Waals surface area contributed by atoms with Crippen molar-refractivity contribution in [3.05, 3.63) is 54.1 Å². The first-order chi connectivity index (χ1) is 11.5. The highest BCUT2D eigenvalue weighted by Crippen LogP contribution is 2.31. The van der Waals surface area contributed by atoms with Crippen LogP contribution in [0.2, 0.25) is 0 Å². The number of hydrogen-bond donors (Lipinski definition) is 0. The molecule has 2 aromatic carbocycles. The summed E-state index contributed by atoms with van der Waals surface area (Å²) in [5.41, 5.74) is 3.51. The molecule has 0 spiro atoms. The van der Waals surface area contributed by atoms with E-state index in [0.717, 1.165) is 16.5 Å². The first-order valence-corrected chi connectivity index (χ1v) is 9.32. The molecular formula is C18H16N2O3S. The molecule has 0 bridgehead atoms. The molecule has 0 atom stereocenters. The molecule has 0 aliphatic rings. The highest BCUT2D eigenvalue weighted by Gasteiger charge is 2.23. The van der Waals surface area contributed by atoms with Gasteiger partial charge in [0.2, 0.25) is 15.9 Å². The van der Waals surface area contributed by atoms with Crippen molar-refractivity contribution in [2.45, 2.75) is 13.8 Å². The lowest BCUT2D eigenvalue weighted by molar-refractivity contribution is 0.586. The minimum atomic E-state index is -3.49. The summed E-state index contributed by atoms with van der Waals surface area (Å²) in [5.74, 6) is 0.307. The van der Waals surface area contributed by atoms with E-state index >= 15 is 0 Å². The Kier molecular flexibility index (Phi) is 3.25. The summed E-state index contributed by atoms with van der Waals surface area (Å²) in [6.45, 7) is 3.61. The van der Waals surface area contributed by atoms with Crippen molar-refractivity contribution in [3.63, 3.8) is 0 Å². The van der Waals surface area contributed by atoms with E-state index in [0.29, 0.717) is 22.7 Å². The van der Waals surface area contributed by atoms with Crippen molar-refractivity contribution in [3.8, 4) is 11.6 Å². The molecule has 0 radical (unpaired) electrons. The van der Waals surface area contributed by atoms with Crippen LogP contribution in [0.1, 0.15) is 12.5 Å². The Morgan fingerprint density at radius 1 is 1.12 bits per heavy atom. The predicted octanol–water partition coefficient (Wildman–Crippen LogP) is 3.96. The highest BCUT2D eigenvalue weighted by molar-refractivity contribution is 7.90. The molecule has 2 aromatic heterocycles. The Morgan fingerprint density at radius 2 is 1.92 bits per heavy atom. The van der Waals surface area contributed by atoms with Gasteiger partial charge in [-0.3, -0.25) is 0 Å². The quantitative estimate of drug-likeness (QED) is 0.566. The molecule has 0 aliphatic heterocycles. The van der Waals surface area contributed by atoms with Gasteiger partial charge >= 0.3 is 0 Å². The van der Waals surface area contributed by atoms with Crippen molar-refractivity contribution in [2.75, 3.05) is 5.75 Å². The maximum Gasteiger partial charge on any atom is 0.245 e. The van der Waals surface area contributed by atoms with Crippen molar-refractivity contribution < 1.29 is 12.8 Å². The molecule has 0 amide bonds. The van der Waals surface area contributed by atoms with Gasteiger partial charge in [-0.15, -0.1) is 0 Å². The highest BCUT2D eigenvalue weighted by atomic mass is 32.2. The number of benzene rings is 2. The van der Waals surface area contributed by atoms with Gasteiger partial charge in [0.1, 0.15) is 11.2 Å². The van der Waals surface area contributed by atoms with Crippen LogP contribution in [0.3, 0.4) is 0 Å². The van der Waals surface area contributed by atoms with E-state index in [2.05, 4.69) is 4.98 Å². The summed E-state index contributed by atoms with van der Waals surface area (Å²) in [5, 5.41) is 0.836. The van der Waals surface area contributed by atoms with E-state index in [4.69, 9.17) is 4.42 Å². The zero-order valence-electron chi connectivity index (χ0n) is 13.4. The van der Waals surface area contributed by atoms with E-state index in [1.165, 1.54) is 3.97 Å². The first kappa shape index (κ1) is 15.0. The molecule has 24 heavy (non-hydrogen) atoms. The van der Waals surface area contributed by atoms with Gasteiger partial charge in [0, 0.05) is 5.39 Å². The standard InChI is InChI=1S/C18H16N2O3S/c1-3-24(21,22)20-15-7-5-4-6-13(15)11-16(20)18-19-14-10-12(2)8-9-17(14)23-18/h4-11H,3H2,1-2H3. The Hall–Kier alpha value is -2.60. The molecular weight excluding hydrogens is 324 g/mol. The Bertz CT molecular complexity index is 1170. The van der Waals surface area contributed by atoms with Crippen molar-refractivity contribution >= 4 is 32.0 Å². The van der Waals surface area contributed by atoms with Gasteiger partial charge in [-0.2, -0.15) is 0 Å². The topological polar surface area (TPSA) is 65.1 Å². The van der Waals surface area contributed by atoms with Gasteiger partial charge in [0.15, 0.2) is 5.58 Å². The van der Waals surface area contributed by atoms with Crippen molar-refractivity contribution in [1.29, 1.82) is 0 Å². The summed E-state index contributed by atoms with van der Waals surface area (Å²) >= 11 is 0. The van der Waals surface area contributed by atoms with Gasteiger partial charge < -0.3 is 4.42 Å². The second-order valence-electron chi connectivity index (χ2n) is 5.74. The Balaban J connectivity index is 2.06. The lowest BCUT2D eigenvalue weighted by Crippen LogP contribution is -2.15. The van der Waals surface area contributed by atoms with Crippen LogP contribution in [-0.2, 0) is 10.0 Å². The molecule has 4 aromatic rings. The minimum absolute atomic E-state index is 0.00197. The SMILES string of the molecule is CCS(=O)(=O)n1c(-c2nc3cc(C)ccc3o2)cc2ccccc21. The van der Waals surface area contributed by atoms with Gasteiger partial charge in [0.05, 0.1) is 11.3 Å². The predicted molar refractivity (Wildman–Crippen MR) is 94.5 cm³/mol. The third-order valence-electron chi connectivity index (χ3n) is 4.07. The molecule has 4 rings (SSSR count). The molecule has 2 heterocycles. The van der Waals surface area contributed by atoms with Crippen LogP contribution in [-0.4, -0.2) is 23.1 Å². The monoisotopic (exact) mass is 340 g/mol. The summed E-state index contributed by atoms with van der Waals surface area (Å²) in [4.78, 5) is 4.50. The van der Waals surface area contributed by atoms with Crippen LogP contribution < -0.4 is 0 Å². The number of oxazole rings is 1. The number of hydrogen-bond acceptors (Lipinski definition) is 4. The molecule has 0 aliphatic carbocycles. The molecule has 5 nitrogen and oxygen atoms in total. The molecule has 0 saturated carbocycles. The molecule has 6 heteroatoms. The Labute approximate surface area is 139 Å². The summed E-state index contributed by atoms with van der Waals surface area (Å²) in [7, 11) is -3.49. The fourth-order valence-electron chi connectivity index (χ4n) is 2.85. The maximum atomic E-state index is 12.6. The summed E-state index contributed by atoms with van der Waals surface area (Å²) in [6.07, 6.45) is 0. The Morgan fingerprint density at radius 3 is 2.71 bits per heavy atom. The zero-order valence-corrected chi connectivity index (χ0v) is 14.2. The number of rotatable bonds is 3. The van der Waals surface area contributed by atoms with Gasteiger partial charge in [-0.1, -0.05) is 24.3 Å². The van der Waals surface area contributed by atoms with Gasteiger partial charge in [0.25, 0.3) is 0 Å². The van der Waals surface area contributed by atoms with E-state index in [9.17, 15) is 8.42 Å². The average molecular weight is 340 g/mol. The molecule has 0 unspecified atom stereocenters. The largest absolute Gasteiger partial charge is 0.435 e. The van der Waals surface area contributed by atoms with Crippen LogP contribution in [0.4, 0.5) is 0 Å². The van der Waals surface area contributed by atoms with E-state index in [1.54, 1.807) is 19.1 Å². The van der Waals surface area contributed by atoms with Crippen molar-refractivity contribution in [2.24, 2.45) is 0 Å². The molecule has 0 N–H and O–H groups in total. The third kappa shape index (κ3) is 2.22. The molecule has 122 valence electrons. The van der Waals surface area contributed by atoms with Crippen LogP contribution in [0.25, 0.3) is 33.6 Å². The van der Waals surface area contributed by atoms with Crippen LogP contribution >= 0.6 is 0 Å². The van der Waals surface area contributed by atoms with Gasteiger partial charge in [-0.05, 0) is 43.7 Å². The smallest absolute Gasteiger partial charge is 0.245 e. The zero-order chi connectivity index (χ0) is 16.9. The maximum absolute atomic E-state index is 12.6. The average Bonchev–Trinajstić information content (AvgIpc) is 3.15. The minimum Gasteiger partial charge on any atom is -0.435 e. The molecule has 0 saturated heterocycles. The lowest BCUT2D eigenvalue weighted by atomic mass is 10.2. The number of nitrogens with zero attached hydrogens (tertiary/aromatic N) is 2. The van der Waals surface area contributed by atoms with Crippen LogP contribution in [0, 0.1) is 6.92 Å². The fraction of sp³-hybridized carbons (Fsp3) is 0.167. The van der Waals surface area contributed by atoms with E-state index < -0.39 is 10.0 Å². The summed E-state index contributed by atoms with van der Waals surface area (Å²) in [6, 6.07) is 14.9. The van der Waals surface area contributed by atoms with Gasteiger partial charge in [-0.25, -0.2) is 17.4 Å². The normalized spacial score (nSPS) is 12.2. The van der Waals surface area contributed by atoms with E-state index in [1.807, 2.05) is 43.3 Å². The molecule has 0 fully saturated rings. The van der Waals surface area contributed by atoms with Crippen molar-refractivity contribution in [1.82, 2.24) is 8.96 Å². The fourth-order valence-corrected chi connectivity index (χ4v) is 4.01. The lowest BCUT2D eigenvalue weighted by Gasteiger charge is -2.07. The number of para-hydroxylation sites is 1. The van der Waals surface area contributed by atoms with Crippen LogP contribution in [0.5, 0.6) is 0 Å². The van der Waals surface area contributed by atoms with E-state index in [-0.39, 0.29) is 5.75 Å². The summed E-state index contributed by atoms with van der Waals surface area (Å²) < 4.78 is 32.4. The third-order valence-corrected chi connectivity index (χ3v) is 5.75. The number of fused-ring (bicyclic) bond motifs is 2. The van der Waals surface area contributed by atoms with Crippen LogP contribution in [0.15, 0.2) is 52.9 Å².